The first-order chi connectivity index (χ1) is 13.0. The van der Waals surface area contributed by atoms with Crippen molar-refractivity contribution in [1.29, 1.82) is 0 Å². The molecule has 0 aliphatic carbocycles. The number of amides is 3. The topological polar surface area (TPSA) is 75.7 Å². The van der Waals surface area contributed by atoms with Gasteiger partial charge in [-0.3, -0.25) is 19.3 Å². The first-order valence-electron chi connectivity index (χ1n) is 8.30. The zero-order chi connectivity index (χ0) is 19.4. The minimum absolute atomic E-state index is 0.321. The highest BCUT2D eigenvalue weighted by Crippen LogP contribution is 2.33. The smallest absolute Gasteiger partial charge is 0.294 e. The number of rotatable bonds is 6. The number of nitrogens with one attached hydrogen (secondary N) is 1. The van der Waals surface area contributed by atoms with Crippen molar-refractivity contribution in [3.63, 3.8) is 0 Å². The van der Waals surface area contributed by atoms with Crippen LogP contribution >= 0.6 is 23.1 Å². The second-order valence-electron chi connectivity index (χ2n) is 5.74. The Balaban J connectivity index is 1.63. The minimum atomic E-state index is -0.445. The standard InChI is InChI=1S/C19H18N2O4S2/c1-3-25-14-6-4-13(5-7-14)20-17(22)11-21-18(23)16(27-19(21)24)10-15-12(2)8-9-26-15/h4-10H,3,11H2,1-2H3,(H,20,22)/b16-10+. The number of carbonyl (C=O) groups excluding carboxylic acids is 3. The molecule has 8 heteroatoms. The third kappa shape index (κ3) is 4.58. The molecule has 0 saturated carbocycles. The number of hydrogen-bond acceptors (Lipinski definition) is 6. The van der Waals surface area contributed by atoms with Crippen LogP contribution in [0.3, 0.4) is 0 Å². The molecule has 2 aromatic rings. The van der Waals surface area contributed by atoms with Gasteiger partial charge in [0, 0.05) is 10.6 Å². The van der Waals surface area contributed by atoms with Gasteiger partial charge in [0.05, 0.1) is 11.5 Å². The van der Waals surface area contributed by atoms with Crippen molar-refractivity contribution in [3.8, 4) is 5.75 Å². The summed E-state index contributed by atoms with van der Waals surface area (Å²) in [7, 11) is 0. The molecule has 1 saturated heterocycles. The van der Waals surface area contributed by atoms with Crippen molar-refractivity contribution in [2.45, 2.75) is 13.8 Å². The van der Waals surface area contributed by atoms with E-state index in [0.29, 0.717) is 22.9 Å². The molecule has 0 bridgehead atoms. The van der Waals surface area contributed by atoms with E-state index in [1.54, 1.807) is 30.3 Å². The van der Waals surface area contributed by atoms with Gasteiger partial charge in [-0.2, -0.15) is 0 Å². The number of thiophene rings is 1. The molecule has 0 unspecified atom stereocenters. The zero-order valence-corrected chi connectivity index (χ0v) is 16.5. The van der Waals surface area contributed by atoms with Crippen molar-refractivity contribution in [2.75, 3.05) is 18.5 Å². The van der Waals surface area contributed by atoms with Crippen LogP contribution in [-0.4, -0.2) is 35.1 Å². The maximum absolute atomic E-state index is 12.5. The molecule has 1 aliphatic rings. The monoisotopic (exact) mass is 402 g/mol. The first kappa shape index (κ1) is 19.2. The molecule has 0 spiro atoms. The minimum Gasteiger partial charge on any atom is -0.494 e. The summed E-state index contributed by atoms with van der Waals surface area (Å²) < 4.78 is 5.35. The molecule has 6 nitrogen and oxygen atoms in total. The van der Waals surface area contributed by atoms with Gasteiger partial charge in [-0.15, -0.1) is 11.3 Å². The number of nitrogens with zero attached hydrogens (tertiary/aromatic N) is 1. The Kier molecular flexibility index (Phi) is 5.98. The summed E-state index contributed by atoms with van der Waals surface area (Å²) in [6.45, 7) is 4.07. The fourth-order valence-electron chi connectivity index (χ4n) is 2.43. The average molecular weight is 402 g/mol. The normalized spacial score (nSPS) is 15.5. The van der Waals surface area contributed by atoms with Crippen LogP contribution in [0.25, 0.3) is 6.08 Å². The maximum atomic E-state index is 12.5. The van der Waals surface area contributed by atoms with Gasteiger partial charge >= 0.3 is 0 Å². The second-order valence-corrected chi connectivity index (χ2v) is 7.68. The van der Waals surface area contributed by atoms with Crippen molar-refractivity contribution in [3.05, 3.63) is 51.1 Å². The lowest BCUT2D eigenvalue weighted by Gasteiger charge is -2.12. The summed E-state index contributed by atoms with van der Waals surface area (Å²) >= 11 is 2.35. The van der Waals surface area contributed by atoms with Crippen LogP contribution in [0.15, 0.2) is 40.6 Å². The Morgan fingerprint density at radius 3 is 2.59 bits per heavy atom. The molecule has 27 heavy (non-hydrogen) atoms. The van der Waals surface area contributed by atoms with Gasteiger partial charge in [0.25, 0.3) is 11.1 Å². The lowest BCUT2D eigenvalue weighted by molar-refractivity contribution is -0.127. The predicted molar refractivity (Wildman–Crippen MR) is 108 cm³/mol. The molecule has 1 N–H and O–H groups in total. The summed E-state index contributed by atoms with van der Waals surface area (Å²) in [6, 6.07) is 8.84. The number of hydrogen-bond donors (Lipinski definition) is 1. The quantitative estimate of drug-likeness (QED) is 0.735. The zero-order valence-electron chi connectivity index (χ0n) is 14.9. The number of anilines is 1. The number of imide groups is 1. The van der Waals surface area contributed by atoms with E-state index in [1.165, 1.54) is 11.3 Å². The molecule has 0 atom stereocenters. The SMILES string of the molecule is CCOc1ccc(NC(=O)CN2C(=O)S/C(=C/c3sccc3C)C2=O)cc1. The van der Waals surface area contributed by atoms with E-state index in [4.69, 9.17) is 4.74 Å². The maximum Gasteiger partial charge on any atom is 0.294 e. The van der Waals surface area contributed by atoms with E-state index in [1.807, 2.05) is 25.3 Å². The summed E-state index contributed by atoms with van der Waals surface area (Å²) in [5.41, 5.74) is 1.61. The highest BCUT2D eigenvalue weighted by atomic mass is 32.2. The van der Waals surface area contributed by atoms with E-state index in [-0.39, 0.29) is 6.54 Å². The van der Waals surface area contributed by atoms with Crippen LogP contribution in [-0.2, 0) is 9.59 Å². The largest absolute Gasteiger partial charge is 0.494 e. The molecule has 1 aliphatic heterocycles. The summed E-state index contributed by atoms with van der Waals surface area (Å²) in [5.74, 6) is -0.176. The van der Waals surface area contributed by atoms with E-state index in [9.17, 15) is 14.4 Å². The fraction of sp³-hybridized carbons (Fsp3) is 0.211. The van der Waals surface area contributed by atoms with E-state index in [0.717, 1.165) is 27.1 Å². The van der Waals surface area contributed by atoms with Crippen LogP contribution < -0.4 is 10.1 Å². The van der Waals surface area contributed by atoms with E-state index >= 15 is 0 Å². The molecule has 2 heterocycles. The van der Waals surface area contributed by atoms with Gasteiger partial charge in [-0.05, 0) is 73.0 Å². The van der Waals surface area contributed by atoms with Gasteiger partial charge < -0.3 is 10.1 Å². The molecular formula is C19H18N2O4S2. The second kappa shape index (κ2) is 8.41. The van der Waals surface area contributed by atoms with Gasteiger partial charge in [0.2, 0.25) is 5.91 Å². The predicted octanol–water partition coefficient (Wildman–Crippen LogP) is 4.13. The van der Waals surface area contributed by atoms with Crippen LogP contribution in [0, 0.1) is 6.92 Å². The van der Waals surface area contributed by atoms with Crippen LogP contribution in [0.4, 0.5) is 10.5 Å². The number of aryl methyl sites for hydroxylation is 1. The van der Waals surface area contributed by atoms with Crippen molar-refractivity contribution in [2.24, 2.45) is 0 Å². The fourth-order valence-corrected chi connectivity index (χ4v) is 4.19. The molecule has 3 rings (SSSR count). The van der Waals surface area contributed by atoms with Gasteiger partial charge in [0.1, 0.15) is 12.3 Å². The average Bonchev–Trinajstić information content (AvgIpc) is 3.15. The Labute approximate surface area is 165 Å². The number of benzene rings is 1. The van der Waals surface area contributed by atoms with Crippen LogP contribution in [0.2, 0.25) is 0 Å². The third-order valence-corrected chi connectivity index (χ3v) is 5.66. The third-order valence-electron chi connectivity index (χ3n) is 3.79. The first-order valence-corrected chi connectivity index (χ1v) is 9.99. The summed E-state index contributed by atoms with van der Waals surface area (Å²) in [4.78, 5) is 39.1. The Bertz CT molecular complexity index is 903. The van der Waals surface area contributed by atoms with Gasteiger partial charge in [0.15, 0.2) is 0 Å². The lowest BCUT2D eigenvalue weighted by Crippen LogP contribution is -2.36. The van der Waals surface area contributed by atoms with Crippen molar-refractivity contribution in [1.82, 2.24) is 4.90 Å². The van der Waals surface area contributed by atoms with E-state index < -0.39 is 17.1 Å². The molecule has 1 aromatic carbocycles. The van der Waals surface area contributed by atoms with Gasteiger partial charge in [-0.1, -0.05) is 0 Å². The molecule has 3 amide bonds. The van der Waals surface area contributed by atoms with Crippen LogP contribution in [0.1, 0.15) is 17.4 Å². The number of thioether (sulfide) groups is 1. The summed E-state index contributed by atoms with van der Waals surface area (Å²) in [6.07, 6.45) is 1.70. The van der Waals surface area contributed by atoms with Crippen molar-refractivity contribution >= 4 is 51.9 Å². The molecule has 1 fully saturated rings. The lowest BCUT2D eigenvalue weighted by atomic mass is 10.2. The molecule has 0 radical (unpaired) electrons. The van der Waals surface area contributed by atoms with E-state index in [2.05, 4.69) is 5.32 Å². The van der Waals surface area contributed by atoms with Crippen LogP contribution in [0.5, 0.6) is 5.75 Å². The molecular weight excluding hydrogens is 384 g/mol. The number of carbonyl (C=O) groups is 3. The highest BCUT2D eigenvalue weighted by Gasteiger charge is 2.36. The van der Waals surface area contributed by atoms with Gasteiger partial charge in [-0.25, -0.2) is 0 Å². The molecule has 140 valence electrons. The summed E-state index contributed by atoms with van der Waals surface area (Å²) in [5, 5.41) is 4.17. The highest BCUT2D eigenvalue weighted by molar-refractivity contribution is 8.18. The van der Waals surface area contributed by atoms with Crippen molar-refractivity contribution < 1.29 is 19.1 Å². The Morgan fingerprint density at radius 1 is 1.22 bits per heavy atom. The Hall–Kier alpha value is -2.58. The Morgan fingerprint density at radius 2 is 1.96 bits per heavy atom. The molecule has 1 aromatic heterocycles. The number of ether oxygens (including phenoxy) is 1.